The Morgan fingerprint density at radius 3 is 1.61 bits per heavy atom. The van der Waals surface area contributed by atoms with Crippen molar-refractivity contribution in [1.29, 1.82) is 0 Å². The summed E-state index contributed by atoms with van der Waals surface area (Å²) < 4.78 is 175. The molecule has 0 heterocycles. The molecule has 1 aromatic carbocycles. The number of hydrogen-bond acceptors (Lipinski definition) is 3. The summed E-state index contributed by atoms with van der Waals surface area (Å²) in [5.74, 6) is -38.6. The Labute approximate surface area is 176 Å². The van der Waals surface area contributed by atoms with Gasteiger partial charge in [0, 0.05) is 6.42 Å². The number of halogens is 13. The zero-order valence-electron chi connectivity index (χ0n) is 16.0. The zero-order chi connectivity index (χ0) is 26.3. The van der Waals surface area contributed by atoms with Crippen molar-refractivity contribution in [3.05, 3.63) is 35.4 Å². The molecule has 0 saturated carbocycles. The van der Waals surface area contributed by atoms with Crippen LogP contribution < -0.4 is 0 Å². The average Bonchev–Trinajstić information content (AvgIpc) is 2.66. The van der Waals surface area contributed by atoms with Crippen LogP contribution in [0.3, 0.4) is 0 Å². The molecule has 0 radical (unpaired) electrons. The van der Waals surface area contributed by atoms with Gasteiger partial charge in [-0.25, -0.2) is 4.79 Å². The number of aliphatic hydroxyl groups is 1. The Morgan fingerprint density at radius 1 is 0.788 bits per heavy atom. The second-order valence-electron chi connectivity index (χ2n) is 6.56. The summed E-state index contributed by atoms with van der Waals surface area (Å²) in [6.45, 7) is 1.33. The second kappa shape index (κ2) is 8.83. The van der Waals surface area contributed by atoms with Crippen LogP contribution in [0.4, 0.5) is 57.1 Å². The number of alkyl halides is 13. The van der Waals surface area contributed by atoms with Crippen molar-refractivity contribution in [3.8, 4) is 0 Å². The molecular weight excluding hydrogens is 499 g/mol. The minimum atomic E-state index is -8.00. The quantitative estimate of drug-likeness (QED) is 0.325. The Kier molecular flexibility index (Phi) is 7.70. The van der Waals surface area contributed by atoms with Crippen molar-refractivity contribution in [1.82, 2.24) is 0 Å². The van der Waals surface area contributed by atoms with E-state index in [-0.39, 0.29) is 12.2 Å². The van der Waals surface area contributed by atoms with E-state index in [1.54, 1.807) is 0 Å². The van der Waals surface area contributed by atoms with Crippen LogP contribution in [0.1, 0.15) is 35.4 Å². The number of carbonyl (C=O) groups is 1. The molecule has 1 unspecified atom stereocenters. The van der Waals surface area contributed by atoms with Crippen molar-refractivity contribution in [2.75, 3.05) is 6.61 Å². The summed E-state index contributed by atoms with van der Waals surface area (Å²) in [6.07, 6.45) is -13.1. The molecule has 0 aliphatic heterocycles. The Morgan fingerprint density at radius 2 is 1.21 bits per heavy atom. The third-order valence-electron chi connectivity index (χ3n) is 4.25. The standard InChI is InChI=1S/C17H13F13O3/c1-2-33-11(32)9-5-3-8(4-6-9)10(31)7-12(18,19)13(20,21)14(22,23)15(24,25)16(26,27)17(28,29)30/h3-6,10,31H,2,7H2,1H3. The third kappa shape index (κ3) is 4.84. The highest BCUT2D eigenvalue weighted by Gasteiger charge is 2.90. The molecule has 1 atom stereocenters. The molecule has 1 aromatic rings. The Bertz CT molecular complexity index is 832. The second-order valence-corrected chi connectivity index (χ2v) is 6.56. The molecule has 3 nitrogen and oxygen atoms in total. The number of esters is 1. The highest BCUT2D eigenvalue weighted by Crippen LogP contribution is 2.61. The van der Waals surface area contributed by atoms with E-state index < -0.39 is 59.8 Å². The fourth-order valence-electron chi connectivity index (χ4n) is 2.35. The summed E-state index contributed by atoms with van der Waals surface area (Å²) in [7, 11) is 0. The lowest BCUT2D eigenvalue weighted by atomic mass is 9.90. The van der Waals surface area contributed by atoms with Gasteiger partial charge >= 0.3 is 41.8 Å². The predicted octanol–water partition coefficient (Wildman–Crippen LogP) is 6.03. The van der Waals surface area contributed by atoms with Gasteiger partial charge in [0.05, 0.1) is 18.3 Å². The van der Waals surface area contributed by atoms with Gasteiger partial charge in [0.25, 0.3) is 0 Å². The minimum absolute atomic E-state index is 0.0866. The van der Waals surface area contributed by atoms with Crippen LogP contribution in [0.25, 0.3) is 0 Å². The molecule has 0 aliphatic rings. The zero-order valence-corrected chi connectivity index (χ0v) is 16.0. The lowest BCUT2D eigenvalue weighted by molar-refractivity contribution is -0.440. The fourth-order valence-corrected chi connectivity index (χ4v) is 2.35. The number of benzene rings is 1. The van der Waals surface area contributed by atoms with Gasteiger partial charge in [-0.3, -0.25) is 0 Å². The van der Waals surface area contributed by atoms with Gasteiger partial charge in [-0.15, -0.1) is 0 Å². The molecule has 1 N–H and O–H groups in total. The molecule has 1 rings (SSSR count). The Hall–Kier alpha value is -2.26. The van der Waals surface area contributed by atoms with E-state index in [4.69, 9.17) is 0 Å². The molecule has 0 bridgehead atoms. The summed E-state index contributed by atoms with van der Waals surface area (Å²) >= 11 is 0. The van der Waals surface area contributed by atoms with Crippen LogP contribution >= 0.6 is 0 Å². The maximum absolute atomic E-state index is 13.8. The third-order valence-corrected chi connectivity index (χ3v) is 4.25. The monoisotopic (exact) mass is 512 g/mol. The van der Waals surface area contributed by atoms with Gasteiger partial charge < -0.3 is 9.84 Å². The highest BCUT2D eigenvalue weighted by molar-refractivity contribution is 5.89. The van der Waals surface area contributed by atoms with Gasteiger partial charge in [-0.2, -0.15) is 57.1 Å². The van der Waals surface area contributed by atoms with Gasteiger partial charge in [-0.1, -0.05) is 12.1 Å². The molecule has 16 heteroatoms. The maximum atomic E-state index is 13.8. The summed E-state index contributed by atoms with van der Waals surface area (Å²) in [5, 5.41) is 9.62. The molecule has 0 aliphatic carbocycles. The SMILES string of the molecule is CCOC(=O)c1ccc(C(O)CC(F)(F)C(F)(F)C(F)(F)C(F)(F)C(F)(F)C(F)(F)F)cc1. The lowest BCUT2D eigenvalue weighted by Gasteiger charge is -2.40. The van der Waals surface area contributed by atoms with Crippen molar-refractivity contribution >= 4 is 5.97 Å². The topological polar surface area (TPSA) is 46.5 Å². The van der Waals surface area contributed by atoms with Gasteiger partial charge in [0.2, 0.25) is 0 Å². The predicted molar refractivity (Wildman–Crippen MR) is 82.8 cm³/mol. The van der Waals surface area contributed by atoms with Gasteiger partial charge in [-0.05, 0) is 24.6 Å². The summed E-state index contributed by atoms with van der Waals surface area (Å²) in [5.41, 5.74) is -0.973. The van der Waals surface area contributed by atoms with Gasteiger partial charge in [0.15, 0.2) is 0 Å². The van der Waals surface area contributed by atoms with Crippen molar-refractivity contribution in [2.45, 2.75) is 55.2 Å². The molecule has 0 amide bonds. The number of carbonyl (C=O) groups excluding carboxylic acids is 1. The first-order chi connectivity index (χ1) is 14.6. The number of rotatable bonds is 9. The van der Waals surface area contributed by atoms with E-state index in [0.717, 1.165) is 12.1 Å². The minimum Gasteiger partial charge on any atom is -0.462 e. The van der Waals surface area contributed by atoms with Crippen molar-refractivity contribution < 1.29 is 71.7 Å². The number of ether oxygens (including phenoxy) is 1. The number of aliphatic hydroxyl groups excluding tert-OH is 1. The summed E-state index contributed by atoms with van der Waals surface area (Å²) in [4.78, 5) is 11.4. The van der Waals surface area contributed by atoms with E-state index in [1.165, 1.54) is 6.92 Å². The van der Waals surface area contributed by atoms with Crippen LogP contribution in [0.15, 0.2) is 24.3 Å². The van der Waals surface area contributed by atoms with Crippen LogP contribution in [-0.4, -0.2) is 53.5 Å². The normalized spacial score (nSPS) is 15.4. The first kappa shape index (κ1) is 28.8. The highest BCUT2D eigenvalue weighted by atomic mass is 19.4. The molecule has 0 fully saturated rings. The van der Waals surface area contributed by atoms with Crippen molar-refractivity contribution in [2.24, 2.45) is 0 Å². The van der Waals surface area contributed by atoms with E-state index in [2.05, 4.69) is 4.74 Å². The first-order valence-electron chi connectivity index (χ1n) is 8.49. The molecule has 33 heavy (non-hydrogen) atoms. The largest absolute Gasteiger partial charge is 0.462 e. The van der Waals surface area contributed by atoms with Gasteiger partial charge in [0.1, 0.15) is 0 Å². The van der Waals surface area contributed by atoms with E-state index in [9.17, 15) is 67.0 Å². The molecule has 0 aromatic heterocycles. The van der Waals surface area contributed by atoms with Crippen molar-refractivity contribution in [3.63, 3.8) is 0 Å². The molecule has 190 valence electrons. The fraction of sp³-hybridized carbons (Fsp3) is 0.588. The maximum Gasteiger partial charge on any atom is 0.460 e. The first-order valence-corrected chi connectivity index (χ1v) is 8.49. The van der Waals surface area contributed by atoms with Crippen LogP contribution in [0, 0.1) is 0 Å². The van der Waals surface area contributed by atoms with Crippen LogP contribution in [0.5, 0.6) is 0 Å². The molecular formula is C17H13F13O3. The van der Waals surface area contributed by atoms with Crippen LogP contribution in [-0.2, 0) is 4.74 Å². The van der Waals surface area contributed by atoms with E-state index >= 15 is 0 Å². The van der Waals surface area contributed by atoms with E-state index in [0.29, 0.717) is 12.1 Å². The smallest absolute Gasteiger partial charge is 0.460 e. The Balaban J connectivity index is 3.25. The molecule has 0 spiro atoms. The van der Waals surface area contributed by atoms with E-state index in [1.807, 2.05) is 0 Å². The van der Waals surface area contributed by atoms with Crippen LogP contribution in [0.2, 0.25) is 0 Å². The number of hydrogen-bond donors (Lipinski definition) is 1. The summed E-state index contributed by atoms with van der Waals surface area (Å²) in [6, 6.07) is 2.96. The lowest BCUT2D eigenvalue weighted by Crippen LogP contribution is -2.70. The molecule has 0 saturated heterocycles. The average molecular weight is 512 g/mol.